The van der Waals surface area contributed by atoms with E-state index in [0.29, 0.717) is 6.61 Å². The number of ether oxygens (including phenoxy) is 1. The predicted molar refractivity (Wildman–Crippen MR) is 112 cm³/mol. The van der Waals surface area contributed by atoms with E-state index in [9.17, 15) is 4.79 Å². The molecule has 0 saturated carbocycles. The normalized spacial score (nSPS) is 13.5. The molecule has 1 aliphatic carbocycles. The summed E-state index contributed by atoms with van der Waals surface area (Å²) < 4.78 is 5.61. The van der Waals surface area contributed by atoms with E-state index in [1.165, 1.54) is 27.8 Å². The van der Waals surface area contributed by atoms with Gasteiger partial charge >= 0.3 is 6.09 Å². The highest BCUT2D eigenvalue weighted by molar-refractivity contribution is 5.79. The van der Waals surface area contributed by atoms with Gasteiger partial charge in [-0.3, -0.25) is 0 Å². The molecule has 28 heavy (non-hydrogen) atoms. The van der Waals surface area contributed by atoms with Crippen molar-refractivity contribution in [2.45, 2.75) is 31.7 Å². The molecule has 0 fully saturated rings. The zero-order valence-electron chi connectivity index (χ0n) is 16.1. The van der Waals surface area contributed by atoms with Crippen molar-refractivity contribution in [3.63, 3.8) is 0 Å². The number of nitrogens with one attached hydrogen (secondary N) is 1. The van der Waals surface area contributed by atoms with Crippen LogP contribution < -0.4 is 5.32 Å². The smallest absolute Gasteiger partial charge is 0.407 e. The van der Waals surface area contributed by atoms with Gasteiger partial charge in [0.1, 0.15) is 6.61 Å². The minimum atomic E-state index is -0.345. The molecule has 3 heteroatoms. The zero-order valence-corrected chi connectivity index (χ0v) is 16.1. The van der Waals surface area contributed by atoms with E-state index < -0.39 is 0 Å². The van der Waals surface area contributed by atoms with E-state index >= 15 is 0 Å². The number of fused-ring (bicyclic) bond motifs is 3. The summed E-state index contributed by atoms with van der Waals surface area (Å²) in [6.45, 7) is 2.37. The lowest BCUT2D eigenvalue weighted by Gasteiger charge is -2.17. The fourth-order valence-corrected chi connectivity index (χ4v) is 3.94. The third kappa shape index (κ3) is 3.94. The minimum Gasteiger partial charge on any atom is -0.449 e. The molecule has 1 aliphatic rings. The molecule has 0 aromatic heterocycles. The van der Waals surface area contributed by atoms with Crippen molar-refractivity contribution >= 4 is 6.09 Å². The Morgan fingerprint density at radius 3 is 2.11 bits per heavy atom. The van der Waals surface area contributed by atoms with Crippen LogP contribution in [0.5, 0.6) is 0 Å². The van der Waals surface area contributed by atoms with E-state index in [4.69, 9.17) is 4.74 Å². The number of carbonyl (C=O) groups is 1. The Balaban J connectivity index is 1.33. The van der Waals surface area contributed by atoms with E-state index in [2.05, 4.69) is 53.8 Å². The third-order valence-corrected chi connectivity index (χ3v) is 5.42. The van der Waals surface area contributed by atoms with Gasteiger partial charge in [0.15, 0.2) is 0 Å². The highest BCUT2D eigenvalue weighted by Gasteiger charge is 2.29. The molecule has 0 spiro atoms. The van der Waals surface area contributed by atoms with Gasteiger partial charge in [0.05, 0.1) is 0 Å². The van der Waals surface area contributed by atoms with Gasteiger partial charge in [-0.05, 0) is 47.6 Å². The molecule has 0 aliphatic heterocycles. The Labute approximate surface area is 166 Å². The van der Waals surface area contributed by atoms with E-state index in [1.807, 2.05) is 37.3 Å². The van der Waals surface area contributed by atoms with Crippen molar-refractivity contribution in [1.29, 1.82) is 0 Å². The third-order valence-electron chi connectivity index (χ3n) is 5.42. The maximum Gasteiger partial charge on any atom is 0.407 e. The summed E-state index contributed by atoms with van der Waals surface area (Å²) in [4.78, 5) is 12.3. The van der Waals surface area contributed by atoms with Crippen LogP contribution in [0.15, 0.2) is 78.9 Å². The van der Waals surface area contributed by atoms with Crippen LogP contribution >= 0.6 is 0 Å². The second kappa shape index (κ2) is 8.30. The Hall–Kier alpha value is -3.07. The van der Waals surface area contributed by atoms with Crippen LogP contribution in [0, 0.1) is 0 Å². The summed E-state index contributed by atoms with van der Waals surface area (Å²) in [5.74, 6) is 0.0952. The number of carbonyl (C=O) groups excluding carboxylic acids is 1. The maximum atomic E-state index is 12.3. The van der Waals surface area contributed by atoms with Crippen molar-refractivity contribution in [3.8, 4) is 11.1 Å². The number of rotatable bonds is 6. The topological polar surface area (TPSA) is 38.3 Å². The Bertz CT molecular complexity index is 906. The van der Waals surface area contributed by atoms with Gasteiger partial charge in [-0.1, -0.05) is 78.9 Å². The van der Waals surface area contributed by atoms with E-state index in [-0.39, 0.29) is 18.1 Å². The number of hydrogen-bond donors (Lipinski definition) is 1. The summed E-state index contributed by atoms with van der Waals surface area (Å²) in [6.07, 6.45) is 1.47. The first-order chi connectivity index (χ1) is 13.7. The number of hydrogen-bond acceptors (Lipinski definition) is 2. The number of aryl methyl sites for hydroxylation is 1. The summed E-state index contributed by atoms with van der Waals surface area (Å²) in [5, 5.41) is 2.96. The van der Waals surface area contributed by atoms with Gasteiger partial charge in [0.25, 0.3) is 0 Å². The van der Waals surface area contributed by atoms with Crippen molar-refractivity contribution in [2.75, 3.05) is 6.61 Å². The molecule has 3 aromatic rings. The Morgan fingerprint density at radius 1 is 0.893 bits per heavy atom. The summed E-state index contributed by atoms with van der Waals surface area (Å²) >= 11 is 0. The number of benzene rings is 3. The molecule has 0 heterocycles. The lowest BCUT2D eigenvalue weighted by molar-refractivity contribution is 0.139. The van der Waals surface area contributed by atoms with Gasteiger partial charge in [0.2, 0.25) is 0 Å². The lowest BCUT2D eigenvalue weighted by Crippen LogP contribution is -2.34. The first-order valence-electron chi connectivity index (χ1n) is 9.88. The zero-order chi connectivity index (χ0) is 19.3. The minimum absolute atomic E-state index is 0.0656. The second-order valence-corrected chi connectivity index (χ2v) is 7.40. The van der Waals surface area contributed by atoms with Crippen LogP contribution in [0.3, 0.4) is 0 Å². The SMILES string of the molecule is CC(CCc1ccccc1)NC(=O)OCC1c2ccccc2-c2ccccc21. The van der Waals surface area contributed by atoms with E-state index in [1.54, 1.807) is 0 Å². The van der Waals surface area contributed by atoms with Gasteiger partial charge < -0.3 is 10.1 Å². The summed E-state index contributed by atoms with van der Waals surface area (Å²) in [5.41, 5.74) is 6.22. The highest BCUT2D eigenvalue weighted by atomic mass is 16.5. The van der Waals surface area contributed by atoms with Crippen LogP contribution in [0.25, 0.3) is 11.1 Å². The molecule has 1 amide bonds. The fraction of sp³-hybridized carbons (Fsp3) is 0.240. The van der Waals surface area contributed by atoms with Crippen molar-refractivity contribution in [1.82, 2.24) is 5.32 Å². The maximum absolute atomic E-state index is 12.3. The summed E-state index contributed by atoms with van der Waals surface area (Å²) in [6, 6.07) is 27.1. The van der Waals surface area contributed by atoms with Gasteiger partial charge in [-0.2, -0.15) is 0 Å². The molecular formula is C25H25NO2. The first-order valence-corrected chi connectivity index (χ1v) is 9.88. The first kappa shape index (κ1) is 18.3. The van der Waals surface area contributed by atoms with Crippen molar-refractivity contribution < 1.29 is 9.53 Å². The quantitative estimate of drug-likeness (QED) is 0.617. The molecule has 0 radical (unpaired) electrons. The van der Waals surface area contributed by atoms with Crippen molar-refractivity contribution in [2.24, 2.45) is 0 Å². The number of amides is 1. The Kier molecular flexibility index (Phi) is 5.43. The van der Waals surface area contributed by atoms with Gasteiger partial charge in [0, 0.05) is 12.0 Å². The van der Waals surface area contributed by atoms with Gasteiger partial charge in [-0.25, -0.2) is 4.79 Å². The molecule has 0 bridgehead atoms. The average Bonchev–Trinajstić information content (AvgIpc) is 3.05. The molecule has 0 saturated heterocycles. The molecule has 1 N–H and O–H groups in total. The second-order valence-electron chi connectivity index (χ2n) is 7.40. The molecule has 142 valence electrons. The molecule has 1 atom stereocenters. The van der Waals surface area contributed by atoms with E-state index in [0.717, 1.165) is 12.8 Å². The van der Waals surface area contributed by atoms with Gasteiger partial charge in [-0.15, -0.1) is 0 Å². The number of alkyl carbamates (subject to hydrolysis) is 1. The van der Waals surface area contributed by atoms with Crippen molar-refractivity contribution in [3.05, 3.63) is 95.6 Å². The fourth-order valence-electron chi connectivity index (χ4n) is 3.94. The predicted octanol–water partition coefficient (Wildman–Crippen LogP) is 5.55. The molecular weight excluding hydrogens is 346 g/mol. The monoisotopic (exact) mass is 371 g/mol. The van der Waals surface area contributed by atoms with Crippen LogP contribution in [-0.2, 0) is 11.2 Å². The standard InChI is InChI=1S/C25H25NO2/c1-18(15-16-19-9-3-2-4-10-19)26-25(27)28-17-24-22-13-7-5-11-20(22)21-12-6-8-14-23(21)24/h2-14,18,24H,15-17H2,1H3,(H,26,27). The summed E-state index contributed by atoms with van der Waals surface area (Å²) in [7, 11) is 0. The molecule has 1 unspecified atom stereocenters. The largest absolute Gasteiger partial charge is 0.449 e. The molecule has 3 nitrogen and oxygen atoms in total. The Morgan fingerprint density at radius 2 is 1.46 bits per heavy atom. The van der Waals surface area contributed by atoms with Crippen LogP contribution in [-0.4, -0.2) is 18.7 Å². The van der Waals surface area contributed by atoms with Crippen LogP contribution in [0.2, 0.25) is 0 Å². The van der Waals surface area contributed by atoms with Crippen LogP contribution in [0.1, 0.15) is 36.0 Å². The molecule has 3 aromatic carbocycles. The lowest BCUT2D eigenvalue weighted by atomic mass is 9.98. The average molecular weight is 371 g/mol. The highest BCUT2D eigenvalue weighted by Crippen LogP contribution is 2.44. The molecule has 4 rings (SSSR count). The van der Waals surface area contributed by atoms with Crippen LogP contribution in [0.4, 0.5) is 4.79 Å².